The van der Waals surface area contributed by atoms with E-state index in [4.69, 9.17) is 23.7 Å². The van der Waals surface area contributed by atoms with Gasteiger partial charge in [-0.15, -0.1) is 0 Å². The highest BCUT2D eigenvalue weighted by molar-refractivity contribution is 8.14. The van der Waals surface area contributed by atoms with Gasteiger partial charge in [0.2, 0.25) is 5.12 Å². The Kier molecular flexibility index (Phi) is 17.2. The number of carbonyl (C=O) groups excluding carboxylic acids is 3. The first kappa shape index (κ1) is 40.8. The molecule has 0 aromatic heterocycles. The summed E-state index contributed by atoms with van der Waals surface area (Å²) in [6, 6.07) is 29.9. The third-order valence-corrected chi connectivity index (χ3v) is 8.39. The maximum atomic E-state index is 12.9. The lowest BCUT2D eigenvalue weighted by Gasteiger charge is -2.08. The van der Waals surface area contributed by atoms with E-state index in [1.165, 1.54) is 7.11 Å². The van der Waals surface area contributed by atoms with E-state index in [-0.39, 0.29) is 11.7 Å². The van der Waals surface area contributed by atoms with E-state index >= 15 is 0 Å². The summed E-state index contributed by atoms with van der Waals surface area (Å²) >= 11 is 1.15. The Morgan fingerprint density at radius 1 is 0.611 bits per heavy atom. The van der Waals surface area contributed by atoms with Gasteiger partial charge in [0.25, 0.3) is 0 Å². The Morgan fingerprint density at radius 3 is 1.52 bits per heavy atom. The highest BCUT2D eigenvalue weighted by atomic mass is 32.2. The van der Waals surface area contributed by atoms with Crippen LogP contribution in [-0.2, 0) is 23.8 Å². The van der Waals surface area contributed by atoms with Crippen molar-refractivity contribution in [3.8, 4) is 35.2 Å². The van der Waals surface area contributed by atoms with Gasteiger partial charge in [0.1, 0.15) is 11.5 Å². The number of methoxy groups -OCH3 is 1. The molecule has 0 spiro atoms. The first-order valence-electron chi connectivity index (χ1n) is 17.4. The van der Waals surface area contributed by atoms with Crippen molar-refractivity contribution in [2.45, 2.75) is 30.6 Å². The number of thioether (sulfide) groups is 1. The highest BCUT2D eigenvalue weighted by Gasteiger charge is 2.09. The molecule has 0 atom stereocenters. The molecule has 0 aliphatic carbocycles. The van der Waals surface area contributed by atoms with Gasteiger partial charge in [-0.25, -0.2) is 9.59 Å². The van der Waals surface area contributed by atoms with Gasteiger partial charge in [0.05, 0.1) is 38.6 Å². The summed E-state index contributed by atoms with van der Waals surface area (Å²) < 4.78 is 26.5. The third kappa shape index (κ3) is 14.9. The molecule has 0 amide bonds. The minimum Gasteiger partial charge on any atom is -0.494 e. The molecule has 0 aliphatic rings. The molecule has 9 heteroatoms. The number of hydrogen-bond donors (Lipinski definition) is 0. The smallest absolute Gasteiger partial charge is 0.335 e. The molecule has 0 unspecified atom stereocenters. The van der Waals surface area contributed by atoms with Gasteiger partial charge >= 0.3 is 11.9 Å². The summed E-state index contributed by atoms with van der Waals surface area (Å²) in [7, 11) is 1.50. The molecule has 0 bridgehead atoms. The Balaban J connectivity index is 1.16. The Bertz CT molecular complexity index is 1980. The van der Waals surface area contributed by atoms with E-state index in [0.29, 0.717) is 56.2 Å². The molecule has 0 fully saturated rings. The van der Waals surface area contributed by atoms with E-state index in [9.17, 15) is 14.4 Å². The van der Waals surface area contributed by atoms with Crippen LogP contribution in [0.2, 0.25) is 0 Å². The summed E-state index contributed by atoms with van der Waals surface area (Å²) in [6.07, 6.45) is 4.03. The van der Waals surface area contributed by atoms with E-state index in [2.05, 4.69) is 36.8 Å². The van der Waals surface area contributed by atoms with E-state index in [1.807, 2.05) is 84.9 Å². The van der Waals surface area contributed by atoms with Crippen LogP contribution in [0.3, 0.4) is 0 Å². The largest absolute Gasteiger partial charge is 0.494 e. The minimum absolute atomic E-state index is 0.0617. The first-order chi connectivity index (χ1) is 26.3. The van der Waals surface area contributed by atoms with Crippen LogP contribution in [-0.4, -0.2) is 57.2 Å². The Hall–Kier alpha value is -6.00. The van der Waals surface area contributed by atoms with Crippen molar-refractivity contribution in [3.63, 3.8) is 0 Å². The third-order valence-electron chi connectivity index (χ3n) is 7.46. The van der Waals surface area contributed by atoms with E-state index in [0.717, 1.165) is 63.6 Å². The number of unbranched alkanes of at least 4 members (excludes halogenated alkanes) is 2. The maximum Gasteiger partial charge on any atom is 0.335 e. The minimum atomic E-state index is -0.437. The Morgan fingerprint density at radius 2 is 1.04 bits per heavy atom. The fourth-order valence-corrected chi connectivity index (χ4v) is 5.28. The number of hydrogen-bond acceptors (Lipinski definition) is 9. The SMILES string of the molecule is C=CC(=O)OCCCCOc1ccc(SC(=O)c2ccc(C#Cc3ccc(C#Cc4ccc(OCCCCOC(=O)C(=C)COC)cc4)cc3)cc2)cc1. The summed E-state index contributed by atoms with van der Waals surface area (Å²) in [5.74, 6) is 13.3. The van der Waals surface area contributed by atoms with Crippen molar-refractivity contribution in [1.82, 2.24) is 0 Å². The van der Waals surface area contributed by atoms with Crippen LogP contribution in [0.15, 0.2) is 127 Å². The first-order valence-corrected chi connectivity index (χ1v) is 18.2. The number of benzene rings is 4. The van der Waals surface area contributed by atoms with Crippen LogP contribution in [0.1, 0.15) is 58.3 Å². The van der Waals surface area contributed by atoms with Crippen LogP contribution < -0.4 is 9.47 Å². The molecule has 0 saturated heterocycles. The predicted molar refractivity (Wildman–Crippen MR) is 211 cm³/mol. The average molecular weight is 743 g/mol. The monoisotopic (exact) mass is 742 g/mol. The molecule has 4 aromatic rings. The second kappa shape index (κ2) is 22.8. The topological polar surface area (TPSA) is 97.4 Å². The van der Waals surface area contributed by atoms with Crippen molar-refractivity contribution in [2.75, 3.05) is 40.1 Å². The normalized spacial score (nSPS) is 10.1. The van der Waals surface area contributed by atoms with Crippen LogP contribution in [0.25, 0.3) is 0 Å². The molecule has 0 N–H and O–H groups in total. The van der Waals surface area contributed by atoms with Gasteiger partial charge in [0.15, 0.2) is 0 Å². The molecule has 0 aliphatic heterocycles. The predicted octanol–water partition coefficient (Wildman–Crippen LogP) is 8.21. The summed E-state index contributed by atoms with van der Waals surface area (Å²) in [4.78, 5) is 36.4. The lowest BCUT2D eigenvalue weighted by molar-refractivity contribution is -0.140. The van der Waals surface area contributed by atoms with E-state index < -0.39 is 11.9 Å². The zero-order valence-corrected chi connectivity index (χ0v) is 31.1. The fourth-order valence-electron chi connectivity index (χ4n) is 4.54. The molecular weight excluding hydrogens is 701 g/mol. The van der Waals surface area contributed by atoms with Gasteiger partial charge in [-0.2, -0.15) is 0 Å². The van der Waals surface area contributed by atoms with Crippen molar-refractivity contribution in [2.24, 2.45) is 0 Å². The van der Waals surface area contributed by atoms with Crippen LogP contribution in [0.5, 0.6) is 11.5 Å². The van der Waals surface area contributed by atoms with Gasteiger partial charge in [-0.3, -0.25) is 4.79 Å². The lowest BCUT2D eigenvalue weighted by Crippen LogP contribution is -2.12. The van der Waals surface area contributed by atoms with Gasteiger partial charge in [0, 0.05) is 45.9 Å². The molecule has 54 heavy (non-hydrogen) atoms. The summed E-state index contributed by atoms with van der Waals surface area (Å²) in [5.41, 5.74) is 4.29. The second-order valence-electron chi connectivity index (χ2n) is 11.7. The summed E-state index contributed by atoms with van der Waals surface area (Å²) in [6.45, 7) is 8.81. The van der Waals surface area contributed by atoms with Gasteiger partial charge in [-0.1, -0.05) is 36.8 Å². The van der Waals surface area contributed by atoms with E-state index in [1.54, 1.807) is 12.1 Å². The van der Waals surface area contributed by atoms with Crippen molar-refractivity contribution in [1.29, 1.82) is 0 Å². The maximum absolute atomic E-state index is 12.9. The van der Waals surface area contributed by atoms with Gasteiger partial charge in [-0.05, 0) is 135 Å². The molecule has 276 valence electrons. The van der Waals surface area contributed by atoms with Crippen molar-refractivity contribution < 1.29 is 38.1 Å². The average Bonchev–Trinajstić information content (AvgIpc) is 3.20. The molecule has 0 heterocycles. The van der Waals surface area contributed by atoms with Crippen molar-refractivity contribution in [3.05, 3.63) is 150 Å². The highest BCUT2D eigenvalue weighted by Crippen LogP contribution is 2.25. The Labute approximate surface area is 321 Å². The quantitative estimate of drug-likeness (QED) is 0.0329. The van der Waals surface area contributed by atoms with Crippen LogP contribution >= 0.6 is 11.8 Å². The molecule has 4 aromatic carbocycles. The fraction of sp³-hybridized carbons (Fsp3) is 0.222. The number of carbonyl (C=O) groups is 3. The lowest BCUT2D eigenvalue weighted by atomic mass is 10.1. The van der Waals surface area contributed by atoms with Gasteiger partial charge < -0.3 is 23.7 Å². The van der Waals surface area contributed by atoms with Crippen molar-refractivity contribution >= 4 is 28.8 Å². The molecule has 0 saturated carbocycles. The molecular formula is C45H42O8S. The molecule has 4 rings (SSSR count). The van der Waals surface area contributed by atoms with Crippen LogP contribution in [0, 0.1) is 23.7 Å². The number of ether oxygens (including phenoxy) is 5. The zero-order valence-electron chi connectivity index (χ0n) is 30.3. The molecule has 8 nitrogen and oxygen atoms in total. The standard InChI is InChI=1S/C45H42O8S/c1-4-43(46)52-31-7-5-29-51-41-25-27-42(28-26-41)54-45(48)39-21-17-37(18-22-39)15-13-35-9-11-36(12-10-35)14-16-38-19-23-40(24-20-38)50-30-6-8-32-53-44(47)34(2)33-49-3/h4,9-12,17-28H,1-2,5-8,29-33H2,3H3. The summed E-state index contributed by atoms with van der Waals surface area (Å²) in [5, 5.41) is -0.0617. The second-order valence-corrected chi connectivity index (χ2v) is 12.7. The molecule has 0 radical (unpaired) electrons. The zero-order chi connectivity index (χ0) is 38.4. The number of esters is 2. The number of rotatable bonds is 18. The van der Waals surface area contributed by atoms with Crippen LogP contribution in [0.4, 0.5) is 0 Å².